The van der Waals surface area contributed by atoms with Crippen LogP contribution in [0.3, 0.4) is 0 Å². The molecule has 0 fully saturated rings. The monoisotopic (exact) mass is 274 g/mol. The van der Waals surface area contributed by atoms with E-state index in [1.807, 2.05) is 28.7 Å². The number of aromatic nitrogens is 4. The fraction of sp³-hybridized carbons (Fsp3) is 0.308. The number of rotatable bonds is 2. The molecule has 0 aliphatic carbocycles. The average molecular weight is 274 g/mol. The lowest BCUT2D eigenvalue weighted by Crippen LogP contribution is -2.20. The van der Waals surface area contributed by atoms with Gasteiger partial charge in [-0.2, -0.15) is 0 Å². The Kier molecular flexibility index (Phi) is 2.82. The SMILES string of the molecule is CC(C)Sc1nnc2n(C)c(=O)c3ccccc3n12. The largest absolute Gasteiger partial charge is 0.279 e. The highest BCUT2D eigenvalue weighted by molar-refractivity contribution is 7.99. The topological polar surface area (TPSA) is 52.2 Å². The maximum absolute atomic E-state index is 12.2. The van der Waals surface area contributed by atoms with Gasteiger partial charge in [0.05, 0.1) is 10.9 Å². The van der Waals surface area contributed by atoms with Crippen molar-refractivity contribution in [3.05, 3.63) is 34.6 Å². The van der Waals surface area contributed by atoms with Crippen LogP contribution in [0.2, 0.25) is 0 Å². The second kappa shape index (κ2) is 4.38. The third kappa shape index (κ3) is 1.83. The summed E-state index contributed by atoms with van der Waals surface area (Å²) in [6.07, 6.45) is 0. The summed E-state index contributed by atoms with van der Waals surface area (Å²) in [5, 5.41) is 10.2. The van der Waals surface area contributed by atoms with Crippen LogP contribution in [0.4, 0.5) is 0 Å². The van der Waals surface area contributed by atoms with E-state index in [1.165, 1.54) is 0 Å². The molecule has 2 aromatic heterocycles. The number of hydrogen-bond acceptors (Lipinski definition) is 4. The van der Waals surface area contributed by atoms with Crippen LogP contribution < -0.4 is 5.56 Å². The van der Waals surface area contributed by atoms with Gasteiger partial charge < -0.3 is 0 Å². The Morgan fingerprint density at radius 3 is 2.68 bits per heavy atom. The van der Waals surface area contributed by atoms with Gasteiger partial charge in [0.15, 0.2) is 5.16 Å². The number of benzene rings is 1. The van der Waals surface area contributed by atoms with E-state index in [0.29, 0.717) is 16.4 Å². The molecule has 0 atom stereocenters. The van der Waals surface area contributed by atoms with Crippen molar-refractivity contribution in [2.45, 2.75) is 24.3 Å². The number of aryl methyl sites for hydroxylation is 1. The summed E-state index contributed by atoms with van der Waals surface area (Å²) < 4.78 is 3.49. The Labute approximate surface area is 114 Å². The van der Waals surface area contributed by atoms with E-state index >= 15 is 0 Å². The minimum Gasteiger partial charge on any atom is -0.279 e. The smallest absolute Gasteiger partial charge is 0.262 e. The Bertz CT molecular complexity index is 818. The van der Waals surface area contributed by atoms with Crippen LogP contribution in [0.5, 0.6) is 0 Å². The highest BCUT2D eigenvalue weighted by Gasteiger charge is 2.15. The molecule has 0 spiro atoms. The van der Waals surface area contributed by atoms with E-state index < -0.39 is 0 Å². The highest BCUT2D eigenvalue weighted by Crippen LogP contribution is 2.24. The molecule has 0 saturated heterocycles. The third-order valence-electron chi connectivity index (χ3n) is 2.94. The van der Waals surface area contributed by atoms with Crippen molar-refractivity contribution < 1.29 is 0 Å². The molecule has 98 valence electrons. The molecule has 6 heteroatoms. The maximum Gasteiger partial charge on any atom is 0.262 e. The quantitative estimate of drug-likeness (QED) is 0.671. The van der Waals surface area contributed by atoms with Crippen LogP contribution in [-0.4, -0.2) is 24.4 Å². The Morgan fingerprint density at radius 2 is 1.95 bits per heavy atom. The molecule has 0 N–H and O–H groups in total. The van der Waals surface area contributed by atoms with Crippen molar-refractivity contribution >= 4 is 28.4 Å². The molecule has 2 heterocycles. The normalized spacial score (nSPS) is 11.8. The van der Waals surface area contributed by atoms with E-state index in [4.69, 9.17) is 0 Å². The summed E-state index contributed by atoms with van der Waals surface area (Å²) in [4.78, 5) is 12.2. The summed E-state index contributed by atoms with van der Waals surface area (Å²) in [6.45, 7) is 4.21. The molecule has 1 aromatic carbocycles. The number of fused-ring (bicyclic) bond motifs is 3. The molecule has 0 amide bonds. The molecular formula is C13H14N4OS. The zero-order valence-corrected chi connectivity index (χ0v) is 11.8. The molecular weight excluding hydrogens is 260 g/mol. The fourth-order valence-corrected chi connectivity index (χ4v) is 2.89. The van der Waals surface area contributed by atoms with Crippen molar-refractivity contribution in [1.82, 2.24) is 19.2 Å². The Hall–Kier alpha value is -1.82. The molecule has 0 aliphatic heterocycles. The fourth-order valence-electron chi connectivity index (χ4n) is 2.10. The van der Waals surface area contributed by atoms with E-state index in [1.54, 1.807) is 23.4 Å². The van der Waals surface area contributed by atoms with Crippen LogP contribution in [0.1, 0.15) is 13.8 Å². The second-order valence-corrected chi connectivity index (χ2v) is 6.21. The summed E-state index contributed by atoms with van der Waals surface area (Å²) in [5.74, 6) is 0.576. The number of hydrogen-bond donors (Lipinski definition) is 0. The molecule has 0 radical (unpaired) electrons. The lowest BCUT2D eigenvalue weighted by Gasteiger charge is -2.08. The molecule has 19 heavy (non-hydrogen) atoms. The van der Waals surface area contributed by atoms with Crippen LogP contribution in [-0.2, 0) is 7.05 Å². The summed E-state index contributed by atoms with van der Waals surface area (Å²) in [7, 11) is 1.72. The highest BCUT2D eigenvalue weighted by atomic mass is 32.2. The Morgan fingerprint density at radius 1 is 1.21 bits per heavy atom. The minimum atomic E-state index is -0.0448. The van der Waals surface area contributed by atoms with Gasteiger partial charge in [0.2, 0.25) is 5.78 Å². The predicted molar refractivity (Wildman–Crippen MR) is 76.7 cm³/mol. The van der Waals surface area contributed by atoms with Gasteiger partial charge in [-0.05, 0) is 12.1 Å². The molecule has 0 saturated carbocycles. The van der Waals surface area contributed by atoms with E-state index in [9.17, 15) is 4.79 Å². The molecule has 5 nitrogen and oxygen atoms in total. The first kappa shape index (κ1) is 12.2. The zero-order chi connectivity index (χ0) is 13.6. The first-order chi connectivity index (χ1) is 9.09. The third-order valence-corrected chi connectivity index (χ3v) is 3.88. The maximum atomic E-state index is 12.2. The average Bonchev–Trinajstić information content (AvgIpc) is 2.79. The van der Waals surface area contributed by atoms with Gasteiger partial charge in [-0.1, -0.05) is 37.7 Å². The van der Waals surface area contributed by atoms with Crippen molar-refractivity contribution in [2.75, 3.05) is 0 Å². The van der Waals surface area contributed by atoms with Gasteiger partial charge in [-0.3, -0.25) is 13.8 Å². The summed E-state index contributed by atoms with van der Waals surface area (Å²) in [6, 6.07) is 7.55. The minimum absolute atomic E-state index is 0.0448. The first-order valence-electron chi connectivity index (χ1n) is 6.09. The lowest BCUT2D eigenvalue weighted by molar-refractivity contribution is 0.853. The molecule has 0 unspecified atom stereocenters. The predicted octanol–water partition coefficient (Wildman–Crippen LogP) is 2.08. The molecule has 3 aromatic rings. The van der Waals surface area contributed by atoms with Gasteiger partial charge >= 0.3 is 0 Å². The van der Waals surface area contributed by atoms with Crippen LogP contribution in [0.25, 0.3) is 16.7 Å². The zero-order valence-electron chi connectivity index (χ0n) is 11.0. The van der Waals surface area contributed by atoms with Gasteiger partial charge in [-0.25, -0.2) is 0 Å². The van der Waals surface area contributed by atoms with Gasteiger partial charge in [0.25, 0.3) is 5.56 Å². The van der Waals surface area contributed by atoms with Gasteiger partial charge in [-0.15, -0.1) is 10.2 Å². The lowest BCUT2D eigenvalue weighted by atomic mass is 10.2. The van der Waals surface area contributed by atoms with Crippen molar-refractivity contribution in [3.63, 3.8) is 0 Å². The molecule has 3 rings (SSSR count). The first-order valence-corrected chi connectivity index (χ1v) is 6.97. The van der Waals surface area contributed by atoms with E-state index in [0.717, 1.165) is 10.7 Å². The molecule has 0 aliphatic rings. The van der Waals surface area contributed by atoms with Crippen LogP contribution in [0.15, 0.2) is 34.2 Å². The number of thioether (sulfide) groups is 1. The van der Waals surface area contributed by atoms with Gasteiger partial charge in [0, 0.05) is 12.3 Å². The number of nitrogens with zero attached hydrogens (tertiary/aromatic N) is 4. The second-order valence-electron chi connectivity index (χ2n) is 4.67. The van der Waals surface area contributed by atoms with Crippen molar-refractivity contribution in [3.8, 4) is 0 Å². The standard InChI is InChI=1S/C13H14N4OS/c1-8(2)19-13-15-14-12-16(3)11(18)9-6-4-5-7-10(9)17(12)13/h4-8H,1-3H3. The van der Waals surface area contributed by atoms with Gasteiger partial charge in [0.1, 0.15) is 0 Å². The molecule has 0 bridgehead atoms. The van der Waals surface area contributed by atoms with Crippen LogP contribution in [0, 0.1) is 0 Å². The number of para-hydroxylation sites is 1. The van der Waals surface area contributed by atoms with E-state index in [2.05, 4.69) is 24.0 Å². The Balaban J connectivity index is 2.49. The summed E-state index contributed by atoms with van der Waals surface area (Å²) >= 11 is 1.64. The summed E-state index contributed by atoms with van der Waals surface area (Å²) in [5.41, 5.74) is 0.811. The van der Waals surface area contributed by atoms with Crippen molar-refractivity contribution in [1.29, 1.82) is 0 Å². The van der Waals surface area contributed by atoms with Crippen molar-refractivity contribution in [2.24, 2.45) is 7.05 Å². The van der Waals surface area contributed by atoms with E-state index in [-0.39, 0.29) is 5.56 Å². The van der Waals surface area contributed by atoms with Crippen LogP contribution >= 0.6 is 11.8 Å².